The Morgan fingerprint density at radius 3 is 2.54 bits per heavy atom. The van der Waals surface area contributed by atoms with Gasteiger partial charge in [0.2, 0.25) is 5.91 Å². The highest BCUT2D eigenvalue weighted by Gasteiger charge is 2.41. The maximum Gasteiger partial charge on any atom is 0.240 e. The van der Waals surface area contributed by atoms with Crippen molar-refractivity contribution in [2.75, 3.05) is 19.6 Å². The first-order chi connectivity index (χ1) is 11.8. The number of hydrogen-bond acceptors (Lipinski definition) is 3. The van der Waals surface area contributed by atoms with Crippen molar-refractivity contribution in [1.29, 1.82) is 0 Å². The first-order valence-electron chi connectivity index (χ1n) is 9.64. The van der Waals surface area contributed by atoms with Crippen molar-refractivity contribution in [1.82, 2.24) is 15.1 Å². The third kappa shape index (κ3) is 3.50. The van der Waals surface area contributed by atoms with E-state index in [-0.39, 0.29) is 6.04 Å². The van der Waals surface area contributed by atoms with Crippen molar-refractivity contribution in [2.45, 2.75) is 63.2 Å². The third-order valence-corrected chi connectivity index (χ3v) is 5.82. The molecule has 2 saturated heterocycles. The van der Waals surface area contributed by atoms with Gasteiger partial charge in [0, 0.05) is 18.6 Å². The van der Waals surface area contributed by atoms with Crippen LogP contribution in [0, 0.1) is 0 Å². The van der Waals surface area contributed by atoms with Gasteiger partial charge in [0.25, 0.3) is 0 Å². The number of hydrogen-bond donors (Lipinski definition) is 1. The van der Waals surface area contributed by atoms with E-state index >= 15 is 0 Å². The van der Waals surface area contributed by atoms with E-state index < -0.39 is 0 Å². The van der Waals surface area contributed by atoms with Crippen molar-refractivity contribution in [2.24, 2.45) is 0 Å². The van der Waals surface area contributed by atoms with E-state index in [1.165, 1.54) is 37.7 Å². The lowest BCUT2D eigenvalue weighted by atomic mass is 10.0. The number of carbonyl (C=O) groups is 1. The molecular formula is C20H29N3O. The highest BCUT2D eigenvalue weighted by atomic mass is 16.2. The van der Waals surface area contributed by atoms with Crippen LogP contribution in [0.15, 0.2) is 30.3 Å². The first kappa shape index (κ1) is 16.1. The van der Waals surface area contributed by atoms with Gasteiger partial charge in [-0.25, -0.2) is 0 Å². The standard InChI is InChI=1S/C20H29N3O/c24-20(19-7-4-14-22(19)18-10-12-21-13-11-18)23(17-8-9-17)15-16-5-2-1-3-6-16/h1-3,5-6,17-19,21H,4,7-15H2. The summed E-state index contributed by atoms with van der Waals surface area (Å²) in [6, 6.07) is 11.7. The zero-order valence-corrected chi connectivity index (χ0v) is 14.5. The van der Waals surface area contributed by atoms with Crippen LogP contribution in [-0.2, 0) is 11.3 Å². The Bertz CT molecular complexity index is 551. The minimum Gasteiger partial charge on any atom is -0.334 e. The van der Waals surface area contributed by atoms with Gasteiger partial charge in [-0.3, -0.25) is 9.69 Å². The van der Waals surface area contributed by atoms with E-state index in [9.17, 15) is 4.79 Å². The summed E-state index contributed by atoms with van der Waals surface area (Å²) in [4.78, 5) is 18.1. The van der Waals surface area contributed by atoms with E-state index in [4.69, 9.17) is 0 Å². The van der Waals surface area contributed by atoms with Crippen molar-refractivity contribution in [3.05, 3.63) is 35.9 Å². The number of carbonyl (C=O) groups excluding carboxylic acids is 1. The molecule has 1 unspecified atom stereocenters. The summed E-state index contributed by atoms with van der Waals surface area (Å²) in [6.45, 7) is 4.07. The predicted molar refractivity (Wildman–Crippen MR) is 95.6 cm³/mol. The fourth-order valence-corrected chi connectivity index (χ4v) is 4.37. The molecule has 3 aliphatic rings. The molecule has 4 rings (SSSR count). The summed E-state index contributed by atoms with van der Waals surface area (Å²) >= 11 is 0. The molecule has 1 aromatic rings. The Hall–Kier alpha value is -1.39. The number of nitrogens with one attached hydrogen (secondary N) is 1. The van der Waals surface area contributed by atoms with E-state index in [0.29, 0.717) is 18.0 Å². The minimum atomic E-state index is 0.123. The van der Waals surface area contributed by atoms with Crippen molar-refractivity contribution in [3.8, 4) is 0 Å². The second-order valence-electron chi connectivity index (χ2n) is 7.56. The van der Waals surface area contributed by atoms with E-state index in [1.54, 1.807) is 0 Å². The molecule has 0 bridgehead atoms. The predicted octanol–water partition coefficient (Wildman–Crippen LogP) is 2.39. The van der Waals surface area contributed by atoms with Gasteiger partial charge in [0.1, 0.15) is 0 Å². The molecule has 0 spiro atoms. The molecule has 3 fully saturated rings. The van der Waals surface area contributed by atoms with Crippen LogP contribution in [-0.4, -0.2) is 53.5 Å². The smallest absolute Gasteiger partial charge is 0.240 e. The van der Waals surface area contributed by atoms with Crippen molar-refractivity contribution < 1.29 is 4.79 Å². The van der Waals surface area contributed by atoms with Crippen LogP contribution in [0.25, 0.3) is 0 Å². The van der Waals surface area contributed by atoms with Gasteiger partial charge in [0.05, 0.1) is 6.04 Å². The van der Waals surface area contributed by atoms with Crippen LogP contribution >= 0.6 is 0 Å². The molecule has 1 aromatic carbocycles. The second-order valence-corrected chi connectivity index (χ2v) is 7.56. The fraction of sp³-hybridized carbons (Fsp3) is 0.650. The lowest BCUT2D eigenvalue weighted by Crippen LogP contribution is -2.52. The second kappa shape index (κ2) is 7.24. The summed E-state index contributed by atoms with van der Waals surface area (Å²) < 4.78 is 0. The summed E-state index contributed by atoms with van der Waals surface area (Å²) in [5.41, 5.74) is 1.25. The zero-order valence-electron chi connectivity index (χ0n) is 14.5. The molecule has 1 saturated carbocycles. The van der Waals surface area contributed by atoms with Crippen molar-refractivity contribution in [3.63, 3.8) is 0 Å². The van der Waals surface area contributed by atoms with Crippen LogP contribution in [0.1, 0.15) is 44.1 Å². The number of nitrogens with zero attached hydrogens (tertiary/aromatic N) is 2. The maximum atomic E-state index is 13.4. The van der Waals surface area contributed by atoms with Crippen LogP contribution in [0.5, 0.6) is 0 Å². The summed E-state index contributed by atoms with van der Waals surface area (Å²) in [5, 5.41) is 3.44. The van der Waals surface area contributed by atoms with Crippen LogP contribution < -0.4 is 5.32 Å². The Labute approximate surface area is 145 Å². The highest BCUT2D eigenvalue weighted by Crippen LogP contribution is 2.32. The molecule has 1 aliphatic carbocycles. The minimum absolute atomic E-state index is 0.123. The molecule has 4 nitrogen and oxygen atoms in total. The quantitative estimate of drug-likeness (QED) is 0.902. The molecule has 24 heavy (non-hydrogen) atoms. The van der Waals surface area contributed by atoms with Crippen LogP contribution in [0.4, 0.5) is 0 Å². The van der Waals surface area contributed by atoms with E-state index in [0.717, 1.165) is 32.6 Å². The number of piperidine rings is 1. The van der Waals surface area contributed by atoms with Gasteiger partial charge >= 0.3 is 0 Å². The average Bonchev–Trinajstić information content (AvgIpc) is 3.36. The van der Waals surface area contributed by atoms with Crippen molar-refractivity contribution >= 4 is 5.91 Å². The largest absolute Gasteiger partial charge is 0.334 e. The maximum absolute atomic E-state index is 13.4. The first-order valence-corrected chi connectivity index (χ1v) is 9.64. The molecule has 4 heteroatoms. The Morgan fingerprint density at radius 1 is 1.08 bits per heavy atom. The van der Waals surface area contributed by atoms with Gasteiger partial charge < -0.3 is 10.2 Å². The Kier molecular flexibility index (Phi) is 4.86. The van der Waals surface area contributed by atoms with Gasteiger partial charge in [-0.15, -0.1) is 0 Å². The number of amides is 1. The fourth-order valence-electron chi connectivity index (χ4n) is 4.37. The summed E-state index contributed by atoms with van der Waals surface area (Å²) in [6.07, 6.45) is 6.94. The molecule has 0 aromatic heterocycles. The van der Waals surface area contributed by atoms with Gasteiger partial charge in [-0.2, -0.15) is 0 Å². The monoisotopic (exact) mass is 327 g/mol. The molecule has 1 atom stereocenters. The van der Waals surface area contributed by atoms with Crippen LogP contribution in [0.3, 0.4) is 0 Å². The lowest BCUT2D eigenvalue weighted by Gasteiger charge is -2.37. The Morgan fingerprint density at radius 2 is 1.83 bits per heavy atom. The van der Waals surface area contributed by atoms with Gasteiger partial charge in [0.15, 0.2) is 0 Å². The Balaban J connectivity index is 1.47. The molecule has 0 radical (unpaired) electrons. The van der Waals surface area contributed by atoms with Gasteiger partial charge in [-0.05, 0) is 63.7 Å². The average molecular weight is 327 g/mol. The number of benzene rings is 1. The number of rotatable bonds is 5. The molecule has 130 valence electrons. The summed E-state index contributed by atoms with van der Waals surface area (Å²) in [7, 11) is 0. The SMILES string of the molecule is O=C(C1CCCN1C1CCNCC1)N(Cc1ccccc1)C1CC1. The molecular weight excluding hydrogens is 298 g/mol. The highest BCUT2D eigenvalue weighted by molar-refractivity contribution is 5.83. The number of likely N-dealkylation sites (tertiary alicyclic amines) is 1. The zero-order chi connectivity index (χ0) is 16.4. The molecule has 1 amide bonds. The normalized spacial score (nSPS) is 25.8. The molecule has 2 heterocycles. The molecule has 1 N–H and O–H groups in total. The molecule has 2 aliphatic heterocycles. The van der Waals surface area contributed by atoms with E-state index in [2.05, 4.69) is 39.4 Å². The third-order valence-electron chi connectivity index (χ3n) is 5.82. The van der Waals surface area contributed by atoms with E-state index in [1.807, 2.05) is 6.07 Å². The topological polar surface area (TPSA) is 35.6 Å². The lowest BCUT2D eigenvalue weighted by molar-refractivity contribution is -0.138. The van der Waals surface area contributed by atoms with Gasteiger partial charge in [-0.1, -0.05) is 30.3 Å². The summed E-state index contributed by atoms with van der Waals surface area (Å²) in [5.74, 6) is 0.386. The van der Waals surface area contributed by atoms with Crippen LogP contribution in [0.2, 0.25) is 0 Å².